The summed E-state index contributed by atoms with van der Waals surface area (Å²) in [7, 11) is 0. The lowest BCUT2D eigenvalue weighted by Crippen LogP contribution is -2.12. The number of hydrogen-bond donors (Lipinski definition) is 3. The topological polar surface area (TPSA) is 86.9 Å². The number of aromatic amines is 1. The Morgan fingerprint density at radius 1 is 1.22 bits per heavy atom. The Hall–Kier alpha value is -2.37. The van der Waals surface area contributed by atoms with Crippen LogP contribution in [0.3, 0.4) is 0 Å². The summed E-state index contributed by atoms with van der Waals surface area (Å²) < 4.78 is 0. The molecule has 0 aliphatic carbocycles. The molecule has 3 N–H and O–H groups in total. The molecule has 1 aliphatic heterocycles. The average molecular weight is 244 g/mol. The lowest BCUT2D eigenvalue weighted by molar-refractivity contribution is -0.115. The number of nitrogens with one attached hydrogen (secondary N) is 3. The molecule has 1 aliphatic rings. The van der Waals surface area contributed by atoms with Crippen LogP contribution >= 0.6 is 0 Å². The zero-order valence-corrected chi connectivity index (χ0v) is 9.83. The zero-order chi connectivity index (χ0) is 12.7. The minimum Gasteiger partial charge on any atom is -0.383 e. The van der Waals surface area contributed by atoms with Crippen molar-refractivity contribution in [1.82, 2.24) is 9.97 Å². The molecule has 0 unspecified atom stereocenters. The number of rotatable bonds is 0. The number of nitrogens with zero attached hydrogens (tertiary/aromatic N) is 1. The maximum absolute atomic E-state index is 11.5. The van der Waals surface area contributed by atoms with E-state index in [2.05, 4.69) is 20.6 Å². The normalized spacial score (nSPS) is 14.6. The number of hydrogen-bond acceptors (Lipinski definition) is 4. The lowest BCUT2D eigenvalue weighted by Gasteiger charge is -2.09. The van der Waals surface area contributed by atoms with E-state index in [1.54, 1.807) is 13.0 Å². The minimum absolute atomic E-state index is 0.0389. The van der Waals surface area contributed by atoms with E-state index in [1.165, 1.54) is 0 Å². The Morgan fingerprint density at radius 3 is 2.89 bits per heavy atom. The Kier molecular flexibility index (Phi) is 2.29. The van der Waals surface area contributed by atoms with Crippen molar-refractivity contribution in [1.29, 1.82) is 0 Å². The van der Waals surface area contributed by atoms with Gasteiger partial charge in [-0.3, -0.25) is 9.59 Å². The highest BCUT2D eigenvalue weighted by Crippen LogP contribution is 2.27. The van der Waals surface area contributed by atoms with Gasteiger partial charge in [0.05, 0.1) is 22.4 Å². The molecule has 2 aromatic rings. The summed E-state index contributed by atoms with van der Waals surface area (Å²) in [5.41, 5.74) is 3.04. The van der Waals surface area contributed by atoms with Crippen molar-refractivity contribution >= 4 is 28.3 Å². The molecule has 3 rings (SSSR count). The van der Waals surface area contributed by atoms with E-state index in [0.717, 1.165) is 5.69 Å². The standard InChI is InChI=1S/C12H12N4O2/c1-6-12(18)16-10-5-8-7(4-9(10)14-6)13-3-2-11(17)15-8/h4-5,13H,2-3H2,1H3,(H,15,17)(H,16,18). The molecule has 6 heteroatoms. The van der Waals surface area contributed by atoms with Crippen molar-refractivity contribution in [3.63, 3.8) is 0 Å². The first-order valence-electron chi connectivity index (χ1n) is 5.72. The molecular weight excluding hydrogens is 232 g/mol. The molecule has 92 valence electrons. The van der Waals surface area contributed by atoms with Crippen LogP contribution in [0, 0.1) is 6.92 Å². The number of anilines is 2. The number of H-pyrrole nitrogens is 1. The molecule has 0 bridgehead atoms. The molecule has 1 amide bonds. The van der Waals surface area contributed by atoms with Gasteiger partial charge in [-0.25, -0.2) is 4.98 Å². The Morgan fingerprint density at radius 2 is 2.06 bits per heavy atom. The van der Waals surface area contributed by atoms with Crippen molar-refractivity contribution in [2.75, 3.05) is 17.2 Å². The van der Waals surface area contributed by atoms with E-state index in [0.29, 0.717) is 35.4 Å². The van der Waals surface area contributed by atoms with Crippen LogP contribution in [0.5, 0.6) is 0 Å². The summed E-state index contributed by atoms with van der Waals surface area (Å²) >= 11 is 0. The van der Waals surface area contributed by atoms with Crippen LogP contribution in [0.25, 0.3) is 11.0 Å². The SMILES string of the molecule is Cc1nc2cc3c(cc2[nH]c1=O)NC(=O)CCN3. The summed E-state index contributed by atoms with van der Waals surface area (Å²) in [4.78, 5) is 30.0. The molecule has 2 heterocycles. The van der Waals surface area contributed by atoms with E-state index in [9.17, 15) is 9.59 Å². The highest BCUT2D eigenvalue weighted by atomic mass is 16.1. The van der Waals surface area contributed by atoms with Gasteiger partial charge in [0.2, 0.25) is 5.91 Å². The Balaban J connectivity index is 2.25. The number of carbonyl (C=O) groups excluding carboxylic acids is 1. The van der Waals surface area contributed by atoms with Crippen molar-refractivity contribution in [3.05, 3.63) is 28.2 Å². The molecule has 0 saturated carbocycles. The predicted octanol–water partition coefficient (Wildman–Crippen LogP) is 0.986. The molecule has 18 heavy (non-hydrogen) atoms. The van der Waals surface area contributed by atoms with E-state index < -0.39 is 0 Å². The summed E-state index contributed by atoms with van der Waals surface area (Å²) in [6.07, 6.45) is 0.425. The van der Waals surface area contributed by atoms with Gasteiger partial charge in [0, 0.05) is 13.0 Å². The van der Waals surface area contributed by atoms with Gasteiger partial charge in [-0.15, -0.1) is 0 Å². The zero-order valence-electron chi connectivity index (χ0n) is 9.83. The molecule has 0 atom stereocenters. The van der Waals surface area contributed by atoms with Gasteiger partial charge in [0.1, 0.15) is 5.69 Å². The lowest BCUT2D eigenvalue weighted by atomic mass is 10.2. The number of benzene rings is 1. The second-order valence-corrected chi connectivity index (χ2v) is 4.29. The predicted molar refractivity (Wildman–Crippen MR) is 68.8 cm³/mol. The number of amides is 1. The molecule has 0 spiro atoms. The largest absolute Gasteiger partial charge is 0.383 e. The molecule has 1 aromatic heterocycles. The van der Waals surface area contributed by atoms with Gasteiger partial charge >= 0.3 is 0 Å². The van der Waals surface area contributed by atoms with Crippen LogP contribution in [0.1, 0.15) is 12.1 Å². The van der Waals surface area contributed by atoms with Gasteiger partial charge in [0.25, 0.3) is 5.56 Å². The van der Waals surface area contributed by atoms with E-state index >= 15 is 0 Å². The minimum atomic E-state index is -0.213. The van der Waals surface area contributed by atoms with Gasteiger partial charge in [-0.1, -0.05) is 0 Å². The van der Waals surface area contributed by atoms with E-state index in [1.807, 2.05) is 6.07 Å². The summed E-state index contributed by atoms with van der Waals surface area (Å²) in [6, 6.07) is 3.56. The fourth-order valence-electron chi connectivity index (χ4n) is 2.00. The average Bonchev–Trinajstić information content (AvgIpc) is 2.49. The third kappa shape index (κ3) is 1.71. The maximum atomic E-state index is 11.5. The third-order valence-electron chi connectivity index (χ3n) is 2.94. The summed E-state index contributed by atoms with van der Waals surface area (Å²) in [5, 5.41) is 5.96. The summed E-state index contributed by atoms with van der Waals surface area (Å²) in [6.45, 7) is 2.26. The smallest absolute Gasteiger partial charge is 0.269 e. The molecule has 6 nitrogen and oxygen atoms in total. The second kappa shape index (κ2) is 3.83. The molecule has 0 saturated heterocycles. The first-order valence-corrected chi connectivity index (χ1v) is 5.72. The van der Waals surface area contributed by atoms with E-state index in [-0.39, 0.29) is 11.5 Å². The van der Waals surface area contributed by atoms with E-state index in [4.69, 9.17) is 0 Å². The highest BCUT2D eigenvalue weighted by molar-refractivity contribution is 5.99. The fraction of sp³-hybridized carbons (Fsp3) is 0.250. The van der Waals surface area contributed by atoms with Gasteiger partial charge in [0.15, 0.2) is 0 Å². The Bertz CT molecular complexity index is 705. The van der Waals surface area contributed by atoms with Crippen LogP contribution in [0.2, 0.25) is 0 Å². The van der Waals surface area contributed by atoms with Crippen molar-refractivity contribution < 1.29 is 4.79 Å². The van der Waals surface area contributed by atoms with Gasteiger partial charge in [-0.2, -0.15) is 0 Å². The number of aryl methyl sites for hydroxylation is 1. The van der Waals surface area contributed by atoms with Gasteiger partial charge < -0.3 is 15.6 Å². The summed E-state index contributed by atoms with van der Waals surface area (Å²) in [5.74, 6) is -0.0389. The second-order valence-electron chi connectivity index (χ2n) is 4.29. The van der Waals surface area contributed by atoms with Crippen LogP contribution in [-0.2, 0) is 4.79 Å². The monoisotopic (exact) mass is 244 g/mol. The number of aromatic nitrogens is 2. The van der Waals surface area contributed by atoms with Crippen LogP contribution in [0.15, 0.2) is 16.9 Å². The van der Waals surface area contributed by atoms with Crippen molar-refractivity contribution in [2.45, 2.75) is 13.3 Å². The maximum Gasteiger partial charge on any atom is 0.269 e. The van der Waals surface area contributed by atoms with Crippen LogP contribution < -0.4 is 16.2 Å². The first kappa shape index (κ1) is 10.8. The quantitative estimate of drug-likeness (QED) is 0.645. The van der Waals surface area contributed by atoms with Crippen LogP contribution in [0.4, 0.5) is 11.4 Å². The molecule has 1 aromatic carbocycles. The van der Waals surface area contributed by atoms with Crippen LogP contribution in [-0.4, -0.2) is 22.4 Å². The Labute approximate surface area is 102 Å². The van der Waals surface area contributed by atoms with Crippen molar-refractivity contribution in [3.8, 4) is 0 Å². The first-order chi connectivity index (χ1) is 8.63. The van der Waals surface area contributed by atoms with Crippen molar-refractivity contribution in [2.24, 2.45) is 0 Å². The third-order valence-corrected chi connectivity index (χ3v) is 2.94. The molecule has 0 radical (unpaired) electrons. The van der Waals surface area contributed by atoms with Gasteiger partial charge in [-0.05, 0) is 19.1 Å². The molecule has 0 fully saturated rings. The fourth-order valence-corrected chi connectivity index (χ4v) is 2.00. The molecular formula is C12H12N4O2. The number of carbonyl (C=O) groups is 1. The highest BCUT2D eigenvalue weighted by Gasteiger charge is 2.14. The number of fused-ring (bicyclic) bond motifs is 2.